The molecule has 1 aromatic rings. The molecule has 166 valence electrons. The van der Waals surface area contributed by atoms with E-state index < -0.39 is 5.41 Å². The zero-order valence-electron chi connectivity index (χ0n) is 17.3. The Balaban J connectivity index is 1.41. The lowest BCUT2D eigenvalue weighted by atomic mass is 9.73. The number of ether oxygens (including phenoxy) is 1. The summed E-state index contributed by atoms with van der Waals surface area (Å²) in [6.07, 6.45) is 1.62. The van der Waals surface area contributed by atoms with Gasteiger partial charge < -0.3 is 14.5 Å². The molecular weight excluding hydrogens is 466 g/mol. The average molecular weight is 492 g/mol. The van der Waals surface area contributed by atoms with Gasteiger partial charge in [0.05, 0.1) is 5.41 Å². The first-order valence-corrected chi connectivity index (χ1v) is 11.4. The van der Waals surface area contributed by atoms with E-state index in [-0.39, 0.29) is 43.0 Å². The van der Waals surface area contributed by atoms with Crippen molar-refractivity contribution in [2.45, 2.75) is 31.1 Å². The van der Waals surface area contributed by atoms with Crippen LogP contribution in [-0.2, 0) is 29.3 Å². The van der Waals surface area contributed by atoms with Crippen molar-refractivity contribution < 1.29 is 23.9 Å². The van der Waals surface area contributed by atoms with Crippen molar-refractivity contribution in [1.29, 1.82) is 0 Å². The lowest BCUT2D eigenvalue weighted by molar-refractivity contribution is -0.149. The van der Waals surface area contributed by atoms with E-state index in [4.69, 9.17) is 4.74 Å². The molecule has 4 rings (SSSR count). The van der Waals surface area contributed by atoms with E-state index in [1.807, 2.05) is 29.2 Å². The third-order valence-corrected chi connectivity index (χ3v) is 7.05. The van der Waals surface area contributed by atoms with E-state index in [0.29, 0.717) is 52.2 Å². The molecule has 0 unspecified atom stereocenters. The number of benzene rings is 1. The van der Waals surface area contributed by atoms with Gasteiger partial charge in [0, 0.05) is 56.7 Å². The van der Waals surface area contributed by atoms with Gasteiger partial charge in [-0.15, -0.1) is 0 Å². The topological polar surface area (TPSA) is 87.2 Å². The molecule has 0 spiro atoms. The second-order valence-electron chi connectivity index (χ2n) is 8.25. The van der Waals surface area contributed by atoms with Crippen LogP contribution in [0.3, 0.4) is 0 Å². The summed E-state index contributed by atoms with van der Waals surface area (Å²) in [6.45, 7) is 2.54. The van der Waals surface area contributed by atoms with Gasteiger partial charge >= 0.3 is 0 Å². The molecule has 3 aliphatic heterocycles. The molecule has 9 heteroatoms. The van der Waals surface area contributed by atoms with E-state index >= 15 is 0 Å². The number of likely N-dealkylation sites (tertiary alicyclic amines) is 1. The maximum absolute atomic E-state index is 13.7. The Labute approximate surface area is 189 Å². The highest BCUT2D eigenvalue weighted by atomic mass is 79.9. The Kier molecular flexibility index (Phi) is 6.43. The highest BCUT2D eigenvalue weighted by Crippen LogP contribution is 2.37. The van der Waals surface area contributed by atoms with Crippen molar-refractivity contribution in [1.82, 2.24) is 14.7 Å². The third kappa shape index (κ3) is 4.39. The molecular formula is C22H26BrN3O5. The van der Waals surface area contributed by atoms with Gasteiger partial charge in [0.2, 0.25) is 23.6 Å². The van der Waals surface area contributed by atoms with Gasteiger partial charge in [-0.05, 0) is 30.5 Å². The van der Waals surface area contributed by atoms with Crippen molar-refractivity contribution in [3.8, 4) is 0 Å². The number of halogens is 1. The number of amides is 4. The van der Waals surface area contributed by atoms with Gasteiger partial charge in [-0.2, -0.15) is 0 Å². The number of imide groups is 1. The fourth-order valence-electron chi connectivity index (χ4n) is 4.61. The predicted molar refractivity (Wildman–Crippen MR) is 115 cm³/mol. The minimum absolute atomic E-state index is 0.0788. The summed E-state index contributed by atoms with van der Waals surface area (Å²) in [5, 5.41) is 0. The monoisotopic (exact) mass is 491 g/mol. The molecule has 3 fully saturated rings. The SMILES string of the molecule is O=C(CN1C(=O)CCC1=O)N1CCN(C(=O)C2(c3ccc(Br)cc3)CCOCC2)CC1. The number of nitrogens with zero attached hydrogens (tertiary/aromatic N) is 3. The van der Waals surface area contributed by atoms with Crippen LogP contribution in [0, 0.1) is 0 Å². The molecule has 0 aliphatic carbocycles. The number of hydrogen-bond acceptors (Lipinski definition) is 5. The summed E-state index contributed by atoms with van der Waals surface area (Å²) in [4.78, 5) is 54.3. The van der Waals surface area contributed by atoms with Gasteiger partial charge in [-0.3, -0.25) is 24.1 Å². The van der Waals surface area contributed by atoms with E-state index in [1.165, 1.54) is 0 Å². The lowest BCUT2D eigenvalue weighted by Crippen LogP contribution is -2.57. The number of carbonyl (C=O) groups is 4. The van der Waals surface area contributed by atoms with Gasteiger partial charge in [0.15, 0.2) is 0 Å². The van der Waals surface area contributed by atoms with Crippen LogP contribution in [0.1, 0.15) is 31.2 Å². The van der Waals surface area contributed by atoms with Crippen molar-refractivity contribution in [3.63, 3.8) is 0 Å². The van der Waals surface area contributed by atoms with Gasteiger partial charge in [0.25, 0.3) is 0 Å². The first-order valence-electron chi connectivity index (χ1n) is 10.6. The maximum Gasteiger partial charge on any atom is 0.242 e. The molecule has 0 atom stereocenters. The van der Waals surface area contributed by atoms with Crippen LogP contribution in [0.25, 0.3) is 0 Å². The van der Waals surface area contributed by atoms with Crippen LogP contribution in [0.15, 0.2) is 28.7 Å². The summed E-state index contributed by atoms with van der Waals surface area (Å²) in [6, 6.07) is 7.91. The molecule has 0 saturated carbocycles. The van der Waals surface area contributed by atoms with Gasteiger partial charge in [-0.1, -0.05) is 28.1 Å². The fraction of sp³-hybridized carbons (Fsp3) is 0.545. The second kappa shape index (κ2) is 9.08. The maximum atomic E-state index is 13.7. The Morgan fingerprint density at radius 2 is 1.45 bits per heavy atom. The molecule has 31 heavy (non-hydrogen) atoms. The first-order chi connectivity index (χ1) is 14.9. The summed E-state index contributed by atoms with van der Waals surface area (Å²) in [5.74, 6) is -0.745. The third-order valence-electron chi connectivity index (χ3n) is 6.52. The Morgan fingerprint density at radius 1 is 0.903 bits per heavy atom. The second-order valence-corrected chi connectivity index (χ2v) is 9.16. The first kappa shape index (κ1) is 22.0. The van der Waals surface area contributed by atoms with Crippen molar-refractivity contribution >= 4 is 39.6 Å². The molecule has 3 saturated heterocycles. The quantitative estimate of drug-likeness (QED) is 0.592. The van der Waals surface area contributed by atoms with Crippen LogP contribution in [0.2, 0.25) is 0 Å². The van der Waals surface area contributed by atoms with Crippen molar-refractivity contribution in [2.75, 3.05) is 45.9 Å². The van der Waals surface area contributed by atoms with Crippen LogP contribution in [0.5, 0.6) is 0 Å². The normalized spacial score (nSPS) is 21.5. The molecule has 3 aliphatic rings. The Morgan fingerprint density at radius 3 is 2.03 bits per heavy atom. The summed E-state index contributed by atoms with van der Waals surface area (Å²) in [5.41, 5.74) is 0.382. The van der Waals surface area contributed by atoms with Crippen LogP contribution >= 0.6 is 15.9 Å². The molecule has 0 aromatic heterocycles. The summed E-state index contributed by atoms with van der Waals surface area (Å²) < 4.78 is 6.51. The van der Waals surface area contributed by atoms with Crippen LogP contribution in [-0.4, -0.2) is 84.3 Å². The zero-order chi connectivity index (χ0) is 22.0. The standard InChI is InChI=1S/C22H26BrN3O5/c23-17-3-1-16(2-4-17)22(7-13-31-14-8-22)21(30)25-11-9-24(10-12-25)20(29)15-26-18(27)5-6-19(26)28/h1-4H,5-15H2. The largest absolute Gasteiger partial charge is 0.381 e. The molecule has 3 heterocycles. The zero-order valence-corrected chi connectivity index (χ0v) is 18.9. The van der Waals surface area contributed by atoms with E-state index in [0.717, 1.165) is 14.9 Å². The number of rotatable bonds is 4. The summed E-state index contributed by atoms with van der Waals surface area (Å²) in [7, 11) is 0. The molecule has 1 aromatic carbocycles. The van der Waals surface area contributed by atoms with Gasteiger partial charge in [0.1, 0.15) is 6.54 Å². The molecule has 0 bridgehead atoms. The lowest BCUT2D eigenvalue weighted by Gasteiger charge is -2.43. The smallest absolute Gasteiger partial charge is 0.242 e. The van der Waals surface area contributed by atoms with E-state index in [9.17, 15) is 19.2 Å². The molecule has 0 radical (unpaired) electrons. The van der Waals surface area contributed by atoms with Crippen LogP contribution < -0.4 is 0 Å². The minimum Gasteiger partial charge on any atom is -0.381 e. The van der Waals surface area contributed by atoms with E-state index in [1.54, 1.807) is 4.90 Å². The van der Waals surface area contributed by atoms with Crippen LogP contribution in [0.4, 0.5) is 0 Å². The molecule has 4 amide bonds. The number of carbonyl (C=O) groups excluding carboxylic acids is 4. The minimum atomic E-state index is -0.612. The highest BCUT2D eigenvalue weighted by Gasteiger charge is 2.45. The summed E-state index contributed by atoms with van der Waals surface area (Å²) >= 11 is 3.46. The van der Waals surface area contributed by atoms with Gasteiger partial charge in [-0.25, -0.2) is 0 Å². The fourth-order valence-corrected chi connectivity index (χ4v) is 4.88. The van der Waals surface area contributed by atoms with E-state index in [2.05, 4.69) is 15.9 Å². The Bertz CT molecular complexity index is 858. The van der Waals surface area contributed by atoms with Crippen molar-refractivity contribution in [2.24, 2.45) is 0 Å². The molecule has 8 nitrogen and oxygen atoms in total. The highest BCUT2D eigenvalue weighted by molar-refractivity contribution is 9.10. The average Bonchev–Trinajstić information content (AvgIpc) is 3.11. The number of hydrogen-bond donors (Lipinski definition) is 0. The Hall–Kier alpha value is -2.26. The molecule has 0 N–H and O–H groups in total. The predicted octanol–water partition coefficient (Wildman–Crippen LogP) is 1.32. The van der Waals surface area contributed by atoms with Crippen molar-refractivity contribution in [3.05, 3.63) is 34.3 Å². The number of piperazine rings is 1.